The Bertz CT molecular complexity index is 251. The molecular formula is C8H13IN4. The van der Waals surface area contributed by atoms with Gasteiger partial charge in [-0.05, 0) is 12.8 Å². The Labute approximate surface area is 94.8 Å². The quantitative estimate of drug-likeness (QED) is 0.727. The SMILES string of the molecule is I.N#CC1(CNC2=NCCN2)CC1. The molecule has 1 aliphatic carbocycles. The van der Waals surface area contributed by atoms with Gasteiger partial charge in [-0.1, -0.05) is 0 Å². The Hall–Kier alpha value is -0.510. The van der Waals surface area contributed by atoms with Crippen LogP contribution in [0.5, 0.6) is 0 Å². The highest BCUT2D eigenvalue weighted by molar-refractivity contribution is 14.0. The number of hydrogen-bond acceptors (Lipinski definition) is 4. The Balaban J connectivity index is 0.000000845. The van der Waals surface area contributed by atoms with Gasteiger partial charge in [0.2, 0.25) is 0 Å². The lowest BCUT2D eigenvalue weighted by atomic mass is 10.1. The second-order valence-electron chi connectivity index (χ2n) is 3.40. The minimum Gasteiger partial charge on any atom is -0.355 e. The van der Waals surface area contributed by atoms with Crippen LogP contribution in [0.1, 0.15) is 12.8 Å². The summed E-state index contributed by atoms with van der Waals surface area (Å²) in [5.41, 5.74) is -0.0766. The van der Waals surface area contributed by atoms with Crippen LogP contribution in [0.15, 0.2) is 4.99 Å². The molecule has 0 saturated heterocycles. The van der Waals surface area contributed by atoms with Crippen molar-refractivity contribution in [3.8, 4) is 6.07 Å². The van der Waals surface area contributed by atoms with E-state index in [0.29, 0.717) is 0 Å². The second-order valence-corrected chi connectivity index (χ2v) is 3.40. The average molecular weight is 292 g/mol. The molecule has 2 aliphatic rings. The lowest BCUT2D eigenvalue weighted by molar-refractivity contribution is 0.632. The number of halogens is 1. The van der Waals surface area contributed by atoms with E-state index in [1.54, 1.807) is 0 Å². The largest absolute Gasteiger partial charge is 0.355 e. The molecule has 1 saturated carbocycles. The zero-order valence-corrected chi connectivity index (χ0v) is 9.67. The van der Waals surface area contributed by atoms with Crippen molar-refractivity contribution in [1.82, 2.24) is 10.6 Å². The van der Waals surface area contributed by atoms with E-state index >= 15 is 0 Å². The molecule has 0 amide bonds. The number of hydrogen-bond donors (Lipinski definition) is 2. The van der Waals surface area contributed by atoms with Gasteiger partial charge in [0.1, 0.15) is 0 Å². The summed E-state index contributed by atoms with van der Waals surface area (Å²) in [5, 5.41) is 15.0. The molecule has 0 aromatic heterocycles. The lowest BCUT2D eigenvalue weighted by Gasteiger charge is -2.08. The van der Waals surface area contributed by atoms with Gasteiger partial charge >= 0.3 is 0 Å². The third-order valence-electron chi connectivity index (χ3n) is 2.36. The summed E-state index contributed by atoms with van der Waals surface area (Å²) in [7, 11) is 0. The fourth-order valence-electron chi connectivity index (χ4n) is 1.25. The van der Waals surface area contributed by atoms with Gasteiger partial charge in [0.05, 0.1) is 18.0 Å². The van der Waals surface area contributed by atoms with Crippen LogP contribution in [0.2, 0.25) is 0 Å². The first-order valence-corrected chi connectivity index (χ1v) is 4.28. The van der Waals surface area contributed by atoms with Crippen LogP contribution < -0.4 is 10.6 Å². The van der Waals surface area contributed by atoms with E-state index in [2.05, 4.69) is 21.7 Å². The van der Waals surface area contributed by atoms with Gasteiger partial charge in [0.25, 0.3) is 0 Å². The maximum atomic E-state index is 8.78. The summed E-state index contributed by atoms with van der Waals surface area (Å²) >= 11 is 0. The normalized spacial score (nSPS) is 21.9. The minimum atomic E-state index is -0.0766. The Morgan fingerprint density at radius 3 is 2.85 bits per heavy atom. The molecule has 0 aromatic rings. The number of nitrogens with zero attached hydrogens (tertiary/aromatic N) is 2. The van der Waals surface area contributed by atoms with Crippen LogP contribution >= 0.6 is 24.0 Å². The Kier molecular flexibility index (Phi) is 3.36. The maximum Gasteiger partial charge on any atom is 0.191 e. The van der Waals surface area contributed by atoms with E-state index in [-0.39, 0.29) is 29.4 Å². The molecule has 1 heterocycles. The molecule has 72 valence electrons. The van der Waals surface area contributed by atoms with E-state index in [1.165, 1.54) is 0 Å². The first-order chi connectivity index (χ1) is 5.85. The molecular weight excluding hydrogens is 279 g/mol. The fraction of sp³-hybridized carbons (Fsp3) is 0.750. The predicted molar refractivity (Wildman–Crippen MR) is 61.0 cm³/mol. The lowest BCUT2D eigenvalue weighted by Crippen LogP contribution is -2.37. The molecule has 0 aromatic carbocycles. The third-order valence-corrected chi connectivity index (χ3v) is 2.36. The van der Waals surface area contributed by atoms with E-state index in [0.717, 1.165) is 38.4 Å². The molecule has 0 unspecified atom stereocenters. The average Bonchev–Trinajstić information content (AvgIpc) is 2.70. The van der Waals surface area contributed by atoms with Crippen LogP contribution in [-0.2, 0) is 0 Å². The van der Waals surface area contributed by atoms with Crippen LogP contribution in [0.3, 0.4) is 0 Å². The van der Waals surface area contributed by atoms with Gasteiger partial charge in [-0.3, -0.25) is 4.99 Å². The molecule has 4 nitrogen and oxygen atoms in total. The molecule has 0 spiro atoms. The highest BCUT2D eigenvalue weighted by Crippen LogP contribution is 2.43. The Morgan fingerprint density at radius 1 is 1.62 bits per heavy atom. The molecule has 2 rings (SSSR count). The van der Waals surface area contributed by atoms with Gasteiger partial charge in [0, 0.05) is 13.1 Å². The predicted octanol–water partition coefficient (Wildman–Crippen LogP) is 0.457. The van der Waals surface area contributed by atoms with Crippen molar-refractivity contribution in [2.75, 3.05) is 19.6 Å². The topological polar surface area (TPSA) is 60.2 Å². The molecule has 1 fully saturated rings. The summed E-state index contributed by atoms with van der Waals surface area (Å²) < 4.78 is 0. The highest BCUT2D eigenvalue weighted by Gasteiger charge is 2.43. The number of aliphatic imine (C=N–C) groups is 1. The standard InChI is InChI=1S/C8H12N4.HI/c9-5-8(1-2-8)6-12-7-10-3-4-11-7;/h1-4,6H2,(H2,10,11,12);1H. The monoisotopic (exact) mass is 292 g/mol. The molecule has 13 heavy (non-hydrogen) atoms. The summed E-state index contributed by atoms with van der Waals surface area (Å²) in [4.78, 5) is 4.19. The number of rotatable bonds is 2. The van der Waals surface area contributed by atoms with E-state index in [4.69, 9.17) is 5.26 Å². The zero-order valence-electron chi connectivity index (χ0n) is 7.34. The molecule has 0 atom stereocenters. The number of nitrogens with one attached hydrogen (secondary N) is 2. The first kappa shape index (κ1) is 10.6. The maximum absolute atomic E-state index is 8.78. The van der Waals surface area contributed by atoms with Gasteiger partial charge < -0.3 is 10.6 Å². The highest BCUT2D eigenvalue weighted by atomic mass is 127. The first-order valence-electron chi connectivity index (χ1n) is 4.28. The smallest absolute Gasteiger partial charge is 0.191 e. The van der Waals surface area contributed by atoms with E-state index in [9.17, 15) is 0 Å². The summed E-state index contributed by atoms with van der Waals surface area (Å²) in [6, 6.07) is 2.33. The van der Waals surface area contributed by atoms with Crippen molar-refractivity contribution in [2.45, 2.75) is 12.8 Å². The zero-order chi connectivity index (χ0) is 8.44. The second kappa shape index (κ2) is 4.13. The summed E-state index contributed by atoms with van der Waals surface area (Å²) in [6.45, 7) is 2.51. The van der Waals surface area contributed by atoms with Crippen molar-refractivity contribution in [3.05, 3.63) is 0 Å². The molecule has 5 heteroatoms. The van der Waals surface area contributed by atoms with Crippen molar-refractivity contribution in [1.29, 1.82) is 5.26 Å². The van der Waals surface area contributed by atoms with Crippen LogP contribution in [0, 0.1) is 16.7 Å². The van der Waals surface area contributed by atoms with Crippen molar-refractivity contribution < 1.29 is 0 Å². The van der Waals surface area contributed by atoms with Crippen molar-refractivity contribution in [2.24, 2.45) is 10.4 Å². The Morgan fingerprint density at radius 2 is 2.38 bits per heavy atom. The molecule has 0 radical (unpaired) electrons. The van der Waals surface area contributed by atoms with Crippen LogP contribution in [0.25, 0.3) is 0 Å². The molecule has 2 N–H and O–H groups in total. The van der Waals surface area contributed by atoms with Crippen molar-refractivity contribution >= 4 is 29.9 Å². The van der Waals surface area contributed by atoms with Crippen LogP contribution in [0.4, 0.5) is 0 Å². The van der Waals surface area contributed by atoms with Crippen LogP contribution in [-0.4, -0.2) is 25.6 Å². The summed E-state index contributed by atoms with van der Waals surface area (Å²) in [5.74, 6) is 0.858. The number of nitriles is 1. The van der Waals surface area contributed by atoms with Gasteiger partial charge in [0.15, 0.2) is 5.96 Å². The van der Waals surface area contributed by atoms with Gasteiger partial charge in [-0.15, -0.1) is 24.0 Å². The third kappa shape index (κ3) is 2.46. The van der Waals surface area contributed by atoms with Gasteiger partial charge in [-0.25, -0.2) is 0 Å². The van der Waals surface area contributed by atoms with Gasteiger partial charge in [-0.2, -0.15) is 5.26 Å². The summed E-state index contributed by atoms with van der Waals surface area (Å²) in [6.07, 6.45) is 2.06. The van der Waals surface area contributed by atoms with E-state index < -0.39 is 0 Å². The number of guanidine groups is 1. The fourth-order valence-corrected chi connectivity index (χ4v) is 1.25. The van der Waals surface area contributed by atoms with Crippen molar-refractivity contribution in [3.63, 3.8) is 0 Å². The molecule has 0 bridgehead atoms. The minimum absolute atomic E-state index is 0. The van der Waals surface area contributed by atoms with E-state index in [1.807, 2.05) is 0 Å². The molecule has 1 aliphatic heterocycles.